The van der Waals surface area contributed by atoms with E-state index in [-0.39, 0.29) is 29.8 Å². The SMILES string of the molecule is O=C(NCc1ccc(N2CCOCC2)nc1)C1CCN(S(=O)(=O)c2ccc(F)cc2)CC1. The number of anilines is 1. The number of ether oxygens (including phenoxy) is 1. The summed E-state index contributed by atoms with van der Waals surface area (Å²) in [5.74, 6) is 0.0970. The van der Waals surface area contributed by atoms with Gasteiger partial charge in [-0.2, -0.15) is 4.31 Å². The predicted molar refractivity (Wildman–Crippen MR) is 117 cm³/mol. The van der Waals surface area contributed by atoms with Gasteiger partial charge in [0, 0.05) is 44.8 Å². The second kappa shape index (κ2) is 9.93. The molecule has 2 fully saturated rings. The lowest BCUT2D eigenvalue weighted by Gasteiger charge is -2.30. The highest BCUT2D eigenvalue weighted by molar-refractivity contribution is 7.89. The van der Waals surface area contributed by atoms with Gasteiger partial charge in [-0.3, -0.25) is 4.79 Å². The first-order chi connectivity index (χ1) is 15.4. The summed E-state index contributed by atoms with van der Waals surface area (Å²) in [6.07, 6.45) is 2.66. The van der Waals surface area contributed by atoms with Crippen LogP contribution in [0.3, 0.4) is 0 Å². The normalized spacial score (nSPS) is 18.5. The number of hydrogen-bond donors (Lipinski definition) is 1. The standard InChI is InChI=1S/C22H27FN4O4S/c23-19-2-4-20(5-3-19)32(29,30)27-9-7-18(8-10-27)22(28)25-16-17-1-6-21(24-15-17)26-11-13-31-14-12-26/h1-6,15,18H,7-14,16H2,(H,25,28). The molecule has 1 aromatic carbocycles. The molecule has 0 atom stereocenters. The number of sulfonamides is 1. The molecule has 2 aromatic rings. The molecule has 0 unspecified atom stereocenters. The van der Waals surface area contributed by atoms with Crippen molar-refractivity contribution in [3.05, 3.63) is 54.0 Å². The zero-order valence-electron chi connectivity index (χ0n) is 17.7. The van der Waals surface area contributed by atoms with Crippen LogP contribution in [0.1, 0.15) is 18.4 Å². The summed E-state index contributed by atoms with van der Waals surface area (Å²) in [6.45, 7) is 3.93. The maximum atomic E-state index is 13.1. The first kappa shape index (κ1) is 22.6. The number of halogens is 1. The Hall–Kier alpha value is -2.56. The number of hydrogen-bond acceptors (Lipinski definition) is 6. The molecule has 10 heteroatoms. The van der Waals surface area contributed by atoms with E-state index in [2.05, 4.69) is 15.2 Å². The topological polar surface area (TPSA) is 91.8 Å². The number of pyridine rings is 1. The van der Waals surface area contributed by atoms with Gasteiger partial charge in [0.2, 0.25) is 15.9 Å². The Balaban J connectivity index is 1.26. The fourth-order valence-electron chi connectivity index (χ4n) is 3.95. The van der Waals surface area contributed by atoms with Crippen molar-refractivity contribution >= 4 is 21.7 Å². The number of carbonyl (C=O) groups excluding carboxylic acids is 1. The fourth-order valence-corrected chi connectivity index (χ4v) is 5.42. The molecule has 0 spiro atoms. The molecule has 2 saturated heterocycles. The van der Waals surface area contributed by atoms with Crippen LogP contribution in [0.15, 0.2) is 47.5 Å². The van der Waals surface area contributed by atoms with Crippen molar-refractivity contribution in [2.24, 2.45) is 5.92 Å². The van der Waals surface area contributed by atoms with E-state index in [0.717, 1.165) is 36.6 Å². The van der Waals surface area contributed by atoms with Crippen molar-refractivity contribution in [3.63, 3.8) is 0 Å². The molecule has 8 nitrogen and oxygen atoms in total. The Bertz CT molecular complexity index is 1020. The average Bonchev–Trinajstić information content (AvgIpc) is 2.84. The summed E-state index contributed by atoms with van der Waals surface area (Å²) >= 11 is 0. The third kappa shape index (κ3) is 5.25. The van der Waals surface area contributed by atoms with Gasteiger partial charge in [-0.25, -0.2) is 17.8 Å². The van der Waals surface area contributed by atoms with E-state index in [1.165, 1.54) is 16.4 Å². The smallest absolute Gasteiger partial charge is 0.243 e. The van der Waals surface area contributed by atoms with Crippen molar-refractivity contribution in [1.82, 2.24) is 14.6 Å². The van der Waals surface area contributed by atoms with Crippen molar-refractivity contribution < 1.29 is 22.3 Å². The van der Waals surface area contributed by atoms with E-state index in [1.54, 1.807) is 6.20 Å². The van der Waals surface area contributed by atoms with Crippen LogP contribution < -0.4 is 10.2 Å². The Labute approximate surface area is 187 Å². The fraction of sp³-hybridized carbons (Fsp3) is 0.455. The lowest BCUT2D eigenvalue weighted by atomic mass is 9.97. The van der Waals surface area contributed by atoms with Gasteiger partial charge in [-0.15, -0.1) is 0 Å². The Morgan fingerprint density at radius 3 is 2.38 bits per heavy atom. The molecule has 0 aliphatic carbocycles. The average molecular weight is 463 g/mol. The summed E-state index contributed by atoms with van der Waals surface area (Å²) < 4.78 is 45.2. The molecular formula is C22H27FN4O4S. The summed E-state index contributed by atoms with van der Waals surface area (Å²) in [7, 11) is -3.68. The highest BCUT2D eigenvalue weighted by Gasteiger charge is 2.32. The van der Waals surface area contributed by atoms with E-state index >= 15 is 0 Å². The summed E-state index contributed by atoms with van der Waals surface area (Å²) in [4.78, 5) is 19.3. The third-order valence-electron chi connectivity index (χ3n) is 5.89. The van der Waals surface area contributed by atoms with Crippen LogP contribution in [0, 0.1) is 11.7 Å². The van der Waals surface area contributed by atoms with Gasteiger partial charge in [0.15, 0.2) is 0 Å². The van der Waals surface area contributed by atoms with Crippen LogP contribution >= 0.6 is 0 Å². The zero-order valence-corrected chi connectivity index (χ0v) is 18.6. The van der Waals surface area contributed by atoms with E-state index in [0.29, 0.717) is 32.6 Å². The summed E-state index contributed by atoms with van der Waals surface area (Å²) in [5, 5.41) is 2.94. The number of benzene rings is 1. The molecule has 172 valence electrons. The molecule has 1 N–H and O–H groups in total. The van der Waals surface area contributed by atoms with Crippen LogP contribution in [0.5, 0.6) is 0 Å². The highest BCUT2D eigenvalue weighted by atomic mass is 32.2. The van der Waals surface area contributed by atoms with Gasteiger partial charge in [0.1, 0.15) is 11.6 Å². The van der Waals surface area contributed by atoms with E-state index in [1.807, 2.05) is 12.1 Å². The van der Waals surface area contributed by atoms with Crippen molar-refractivity contribution in [3.8, 4) is 0 Å². The number of nitrogens with zero attached hydrogens (tertiary/aromatic N) is 3. The number of rotatable bonds is 6. The molecule has 1 aromatic heterocycles. The monoisotopic (exact) mass is 462 g/mol. The largest absolute Gasteiger partial charge is 0.378 e. The van der Waals surface area contributed by atoms with Crippen LogP contribution in [0.25, 0.3) is 0 Å². The van der Waals surface area contributed by atoms with Gasteiger partial charge in [-0.05, 0) is 48.7 Å². The number of aromatic nitrogens is 1. The Morgan fingerprint density at radius 2 is 1.75 bits per heavy atom. The molecule has 4 rings (SSSR count). The summed E-state index contributed by atoms with van der Waals surface area (Å²) in [5.41, 5.74) is 0.909. The number of piperidine rings is 1. The quantitative estimate of drug-likeness (QED) is 0.704. The summed E-state index contributed by atoms with van der Waals surface area (Å²) in [6, 6.07) is 8.70. The van der Waals surface area contributed by atoms with Crippen LogP contribution in [0.4, 0.5) is 10.2 Å². The Morgan fingerprint density at radius 1 is 1.06 bits per heavy atom. The van der Waals surface area contributed by atoms with Crippen molar-refractivity contribution in [2.75, 3.05) is 44.3 Å². The van der Waals surface area contributed by atoms with E-state index in [4.69, 9.17) is 4.74 Å². The van der Waals surface area contributed by atoms with Crippen LogP contribution in [-0.4, -0.2) is 63.0 Å². The van der Waals surface area contributed by atoms with E-state index < -0.39 is 15.8 Å². The molecule has 32 heavy (non-hydrogen) atoms. The van der Waals surface area contributed by atoms with E-state index in [9.17, 15) is 17.6 Å². The maximum Gasteiger partial charge on any atom is 0.243 e. The first-order valence-corrected chi connectivity index (χ1v) is 12.2. The molecule has 0 saturated carbocycles. The molecule has 0 bridgehead atoms. The highest BCUT2D eigenvalue weighted by Crippen LogP contribution is 2.24. The van der Waals surface area contributed by atoms with Crippen LogP contribution in [-0.2, 0) is 26.1 Å². The number of nitrogens with one attached hydrogen (secondary N) is 1. The first-order valence-electron chi connectivity index (χ1n) is 10.7. The molecule has 0 radical (unpaired) electrons. The van der Waals surface area contributed by atoms with Gasteiger partial charge < -0.3 is 15.0 Å². The third-order valence-corrected chi connectivity index (χ3v) is 7.80. The Kier molecular flexibility index (Phi) is 7.02. The second-order valence-corrected chi connectivity index (χ2v) is 9.91. The van der Waals surface area contributed by atoms with Gasteiger partial charge in [0.25, 0.3) is 0 Å². The predicted octanol–water partition coefficient (Wildman–Crippen LogP) is 1.77. The minimum Gasteiger partial charge on any atom is -0.378 e. The number of amides is 1. The van der Waals surface area contributed by atoms with Gasteiger partial charge in [-0.1, -0.05) is 6.07 Å². The minimum absolute atomic E-state index is 0.0647. The van der Waals surface area contributed by atoms with Crippen molar-refractivity contribution in [1.29, 1.82) is 0 Å². The molecule has 2 aliphatic rings. The maximum absolute atomic E-state index is 13.1. The molecule has 1 amide bonds. The zero-order chi connectivity index (χ0) is 22.6. The second-order valence-electron chi connectivity index (χ2n) is 7.97. The van der Waals surface area contributed by atoms with Crippen LogP contribution in [0.2, 0.25) is 0 Å². The molecule has 3 heterocycles. The number of carbonyl (C=O) groups is 1. The molecular weight excluding hydrogens is 435 g/mol. The lowest BCUT2D eigenvalue weighted by molar-refractivity contribution is -0.126. The minimum atomic E-state index is -3.68. The van der Waals surface area contributed by atoms with Gasteiger partial charge >= 0.3 is 0 Å². The van der Waals surface area contributed by atoms with Crippen molar-refractivity contribution in [2.45, 2.75) is 24.3 Å². The molecule has 2 aliphatic heterocycles. The van der Waals surface area contributed by atoms with Gasteiger partial charge in [0.05, 0.1) is 18.1 Å². The lowest BCUT2D eigenvalue weighted by Crippen LogP contribution is -2.42. The number of morpholine rings is 1.